The average molecular weight is 254 g/mol. The van der Waals surface area contributed by atoms with Crippen molar-refractivity contribution in [3.63, 3.8) is 0 Å². The highest BCUT2D eigenvalue weighted by atomic mass is 32.1. The molecular formula is C13H22N2OS. The second-order valence-electron chi connectivity index (χ2n) is 4.79. The number of nitrogens with one attached hydrogen (secondary N) is 2. The van der Waals surface area contributed by atoms with E-state index in [-0.39, 0.29) is 5.91 Å². The lowest BCUT2D eigenvalue weighted by Crippen LogP contribution is -2.23. The number of anilines is 1. The van der Waals surface area contributed by atoms with Crippen LogP contribution < -0.4 is 10.6 Å². The second kappa shape index (κ2) is 6.77. The summed E-state index contributed by atoms with van der Waals surface area (Å²) in [4.78, 5) is 12.2. The van der Waals surface area contributed by atoms with Gasteiger partial charge in [0.2, 0.25) is 5.91 Å². The molecule has 1 unspecified atom stereocenters. The molecule has 0 saturated heterocycles. The highest BCUT2D eigenvalue weighted by Gasteiger charge is 2.08. The molecule has 0 aliphatic heterocycles. The summed E-state index contributed by atoms with van der Waals surface area (Å²) in [7, 11) is 0. The standard InChI is InChI=1S/C13H22N2OS/c1-9(2)10(3)7-14-8-13-12(5-6-17-13)15-11(4)16/h5-6,9-10,14H,7-8H2,1-4H3,(H,15,16). The van der Waals surface area contributed by atoms with Crippen LogP contribution in [-0.4, -0.2) is 12.5 Å². The highest BCUT2D eigenvalue weighted by Crippen LogP contribution is 2.22. The molecule has 0 fully saturated rings. The predicted molar refractivity (Wildman–Crippen MR) is 74.3 cm³/mol. The van der Waals surface area contributed by atoms with Gasteiger partial charge in [-0.05, 0) is 29.8 Å². The van der Waals surface area contributed by atoms with Gasteiger partial charge >= 0.3 is 0 Å². The molecule has 0 aliphatic rings. The SMILES string of the molecule is CC(=O)Nc1ccsc1CNCC(C)C(C)C. The molecule has 0 bridgehead atoms. The molecule has 1 heterocycles. The van der Waals surface area contributed by atoms with Crippen LogP contribution in [0.2, 0.25) is 0 Å². The van der Waals surface area contributed by atoms with Gasteiger partial charge in [-0.25, -0.2) is 0 Å². The van der Waals surface area contributed by atoms with Crippen LogP contribution in [0.3, 0.4) is 0 Å². The molecule has 0 aromatic carbocycles. The van der Waals surface area contributed by atoms with Gasteiger partial charge < -0.3 is 10.6 Å². The summed E-state index contributed by atoms with van der Waals surface area (Å²) in [6.07, 6.45) is 0. The van der Waals surface area contributed by atoms with Crippen molar-refractivity contribution < 1.29 is 4.79 Å². The third kappa shape index (κ3) is 4.88. The Balaban J connectivity index is 2.41. The molecule has 96 valence electrons. The van der Waals surface area contributed by atoms with Crippen molar-refractivity contribution in [3.8, 4) is 0 Å². The lowest BCUT2D eigenvalue weighted by atomic mass is 9.98. The first-order valence-electron chi connectivity index (χ1n) is 6.05. The quantitative estimate of drug-likeness (QED) is 0.819. The van der Waals surface area contributed by atoms with Crippen LogP contribution in [0.4, 0.5) is 5.69 Å². The van der Waals surface area contributed by atoms with Gasteiger partial charge in [-0.3, -0.25) is 4.79 Å². The number of carbonyl (C=O) groups is 1. The van der Waals surface area contributed by atoms with E-state index in [1.54, 1.807) is 11.3 Å². The average Bonchev–Trinajstić information content (AvgIpc) is 2.64. The first-order chi connectivity index (χ1) is 8.00. The van der Waals surface area contributed by atoms with Crippen molar-refractivity contribution in [2.24, 2.45) is 11.8 Å². The Bertz CT molecular complexity index is 360. The minimum atomic E-state index is -0.0137. The Morgan fingerprint density at radius 2 is 2.12 bits per heavy atom. The Morgan fingerprint density at radius 1 is 1.41 bits per heavy atom. The molecule has 0 aliphatic carbocycles. The number of amides is 1. The molecule has 1 atom stereocenters. The van der Waals surface area contributed by atoms with Crippen molar-refractivity contribution in [2.75, 3.05) is 11.9 Å². The third-order valence-corrected chi connectivity index (χ3v) is 3.87. The maximum atomic E-state index is 11.0. The van der Waals surface area contributed by atoms with E-state index in [0.717, 1.165) is 18.8 Å². The number of carbonyl (C=O) groups excluding carboxylic acids is 1. The summed E-state index contributed by atoms with van der Waals surface area (Å²) < 4.78 is 0. The molecule has 1 aromatic heterocycles. The van der Waals surface area contributed by atoms with Crippen molar-refractivity contribution in [3.05, 3.63) is 16.3 Å². The van der Waals surface area contributed by atoms with Crippen molar-refractivity contribution >= 4 is 22.9 Å². The zero-order valence-electron chi connectivity index (χ0n) is 11.0. The van der Waals surface area contributed by atoms with Crippen molar-refractivity contribution in [1.82, 2.24) is 5.32 Å². The smallest absolute Gasteiger partial charge is 0.221 e. The van der Waals surface area contributed by atoms with Crippen molar-refractivity contribution in [2.45, 2.75) is 34.2 Å². The van der Waals surface area contributed by atoms with Gasteiger partial charge in [0.1, 0.15) is 0 Å². The summed E-state index contributed by atoms with van der Waals surface area (Å²) in [5.41, 5.74) is 0.937. The lowest BCUT2D eigenvalue weighted by molar-refractivity contribution is -0.114. The van der Waals surface area contributed by atoms with Crippen LogP contribution in [0, 0.1) is 11.8 Å². The molecule has 1 amide bonds. The minimum Gasteiger partial charge on any atom is -0.325 e. The lowest BCUT2D eigenvalue weighted by Gasteiger charge is -2.16. The molecule has 1 aromatic rings. The summed E-state index contributed by atoms with van der Waals surface area (Å²) in [6.45, 7) is 10.1. The predicted octanol–water partition coefficient (Wildman–Crippen LogP) is 3.09. The third-order valence-electron chi connectivity index (χ3n) is 2.95. The van der Waals surface area contributed by atoms with E-state index in [4.69, 9.17) is 0 Å². The van der Waals surface area contributed by atoms with E-state index in [1.807, 2.05) is 11.4 Å². The maximum absolute atomic E-state index is 11.0. The molecular weight excluding hydrogens is 232 g/mol. The maximum Gasteiger partial charge on any atom is 0.221 e. The summed E-state index contributed by atoms with van der Waals surface area (Å²) in [5, 5.41) is 8.30. The van der Waals surface area contributed by atoms with Crippen LogP contribution in [-0.2, 0) is 11.3 Å². The Labute approximate surface area is 108 Å². The second-order valence-corrected chi connectivity index (χ2v) is 5.79. The van der Waals surface area contributed by atoms with E-state index in [9.17, 15) is 4.79 Å². The van der Waals surface area contributed by atoms with Crippen LogP contribution >= 0.6 is 11.3 Å². The number of hydrogen-bond donors (Lipinski definition) is 2. The number of hydrogen-bond acceptors (Lipinski definition) is 3. The molecule has 4 heteroatoms. The Hall–Kier alpha value is -0.870. The zero-order chi connectivity index (χ0) is 12.8. The number of thiophene rings is 1. The first kappa shape index (κ1) is 14.2. The Morgan fingerprint density at radius 3 is 2.71 bits per heavy atom. The molecule has 3 nitrogen and oxygen atoms in total. The highest BCUT2D eigenvalue weighted by molar-refractivity contribution is 7.10. The molecule has 0 saturated carbocycles. The Kier molecular flexibility index (Phi) is 5.65. The van der Waals surface area contributed by atoms with Crippen LogP contribution in [0.15, 0.2) is 11.4 Å². The van der Waals surface area contributed by atoms with E-state index in [1.165, 1.54) is 11.8 Å². The number of rotatable bonds is 6. The largest absolute Gasteiger partial charge is 0.325 e. The summed E-state index contributed by atoms with van der Waals surface area (Å²) in [5.74, 6) is 1.35. The molecule has 0 radical (unpaired) electrons. The topological polar surface area (TPSA) is 41.1 Å². The molecule has 1 rings (SSSR count). The van der Waals surface area contributed by atoms with E-state index in [0.29, 0.717) is 11.8 Å². The summed E-state index contributed by atoms with van der Waals surface area (Å²) >= 11 is 1.67. The van der Waals surface area contributed by atoms with Gasteiger partial charge in [0.05, 0.1) is 5.69 Å². The van der Waals surface area contributed by atoms with Gasteiger partial charge in [-0.2, -0.15) is 0 Å². The normalized spacial score (nSPS) is 12.8. The van der Waals surface area contributed by atoms with Gasteiger partial charge in [-0.15, -0.1) is 11.3 Å². The fourth-order valence-electron chi connectivity index (χ4n) is 1.43. The van der Waals surface area contributed by atoms with Gasteiger partial charge in [-0.1, -0.05) is 20.8 Å². The van der Waals surface area contributed by atoms with Crippen LogP contribution in [0.1, 0.15) is 32.6 Å². The fourth-order valence-corrected chi connectivity index (χ4v) is 2.23. The first-order valence-corrected chi connectivity index (χ1v) is 6.93. The van der Waals surface area contributed by atoms with Crippen LogP contribution in [0.5, 0.6) is 0 Å². The molecule has 17 heavy (non-hydrogen) atoms. The summed E-state index contributed by atoms with van der Waals surface area (Å²) in [6, 6.07) is 1.95. The molecule has 0 spiro atoms. The fraction of sp³-hybridized carbons (Fsp3) is 0.615. The molecule has 2 N–H and O–H groups in total. The zero-order valence-corrected chi connectivity index (χ0v) is 11.9. The minimum absolute atomic E-state index is 0.0137. The van der Waals surface area contributed by atoms with E-state index in [2.05, 4.69) is 31.4 Å². The van der Waals surface area contributed by atoms with Gasteiger partial charge in [0.15, 0.2) is 0 Å². The van der Waals surface area contributed by atoms with Crippen molar-refractivity contribution in [1.29, 1.82) is 0 Å². The van der Waals surface area contributed by atoms with Crippen LogP contribution in [0.25, 0.3) is 0 Å². The van der Waals surface area contributed by atoms with Gasteiger partial charge in [0.25, 0.3) is 0 Å². The van der Waals surface area contributed by atoms with E-state index >= 15 is 0 Å². The monoisotopic (exact) mass is 254 g/mol. The van der Waals surface area contributed by atoms with E-state index < -0.39 is 0 Å². The van der Waals surface area contributed by atoms with Gasteiger partial charge in [0, 0.05) is 18.3 Å².